The minimum atomic E-state index is -0.0823. The first-order valence-electron chi connectivity index (χ1n) is 9.14. The highest BCUT2D eigenvalue weighted by Gasteiger charge is 2.06. The summed E-state index contributed by atoms with van der Waals surface area (Å²) in [5.41, 5.74) is 4.05. The molecule has 1 aromatic carbocycles. The Labute approximate surface area is 164 Å². The van der Waals surface area contributed by atoms with Crippen LogP contribution in [-0.4, -0.2) is 34.2 Å². The van der Waals surface area contributed by atoms with Gasteiger partial charge in [0.2, 0.25) is 0 Å². The third-order valence-electron chi connectivity index (χ3n) is 4.32. The quantitative estimate of drug-likeness (QED) is 0.548. The summed E-state index contributed by atoms with van der Waals surface area (Å²) in [6.07, 6.45) is 1.79. The molecule has 3 N–H and O–H groups in total. The molecule has 0 aliphatic rings. The molecule has 7 heteroatoms. The van der Waals surface area contributed by atoms with Crippen molar-refractivity contribution in [2.24, 2.45) is 0 Å². The number of hydrogen-bond donors (Lipinski definition) is 3. The molecule has 3 aromatic rings. The van der Waals surface area contributed by atoms with Crippen LogP contribution in [0.1, 0.15) is 27.0 Å². The second-order valence-corrected chi connectivity index (χ2v) is 6.63. The number of aryl methyl sites for hydroxylation is 3. The van der Waals surface area contributed by atoms with E-state index in [4.69, 9.17) is 0 Å². The van der Waals surface area contributed by atoms with Gasteiger partial charge in [0.05, 0.1) is 0 Å². The Morgan fingerprint density at radius 1 is 0.857 bits per heavy atom. The molecule has 28 heavy (non-hydrogen) atoms. The summed E-state index contributed by atoms with van der Waals surface area (Å²) in [6, 6.07) is 13.2. The molecule has 0 aliphatic carbocycles. The van der Waals surface area contributed by atoms with Crippen LogP contribution in [0.25, 0.3) is 0 Å². The lowest BCUT2D eigenvalue weighted by Crippen LogP contribution is -2.29. The number of amides is 1. The highest BCUT2D eigenvalue weighted by Crippen LogP contribution is 2.13. The Morgan fingerprint density at radius 3 is 2.29 bits per heavy atom. The first-order valence-corrected chi connectivity index (χ1v) is 9.14. The largest absolute Gasteiger partial charge is 0.367 e. The maximum atomic E-state index is 12.2. The van der Waals surface area contributed by atoms with Crippen LogP contribution >= 0.6 is 0 Å². The number of rotatable bonds is 7. The Morgan fingerprint density at radius 2 is 1.61 bits per heavy atom. The van der Waals surface area contributed by atoms with Crippen molar-refractivity contribution in [3.8, 4) is 0 Å². The van der Waals surface area contributed by atoms with Crippen molar-refractivity contribution in [1.82, 2.24) is 20.5 Å². The van der Waals surface area contributed by atoms with Gasteiger partial charge in [0.1, 0.15) is 11.6 Å². The first-order chi connectivity index (χ1) is 13.5. The van der Waals surface area contributed by atoms with Gasteiger partial charge in [-0.15, -0.1) is 10.2 Å². The number of carbonyl (C=O) groups is 1. The van der Waals surface area contributed by atoms with Crippen LogP contribution < -0.4 is 16.0 Å². The number of hydrogen-bond acceptors (Lipinski definition) is 6. The number of pyridine rings is 1. The fourth-order valence-electron chi connectivity index (χ4n) is 2.52. The monoisotopic (exact) mass is 376 g/mol. The van der Waals surface area contributed by atoms with Crippen molar-refractivity contribution in [2.45, 2.75) is 20.8 Å². The van der Waals surface area contributed by atoms with E-state index in [9.17, 15) is 4.79 Å². The lowest BCUT2D eigenvalue weighted by Gasteiger charge is -2.09. The lowest BCUT2D eigenvalue weighted by atomic mass is 10.1. The predicted octanol–water partition coefficient (Wildman–Crippen LogP) is 3.38. The first kappa shape index (κ1) is 19.3. The van der Waals surface area contributed by atoms with E-state index in [0.717, 1.165) is 16.9 Å². The maximum Gasteiger partial charge on any atom is 0.251 e. The third kappa shape index (κ3) is 5.26. The van der Waals surface area contributed by atoms with Crippen molar-refractivity contribution in [1.29, 1.82) is 0 Å². The molecule has 3 rings (SSSR count). The van der Waals surface area contributed by atoms with Crippen LogP contribution in [0.5, 0.6) is 0 Å². The Kier molecular flexibility index (Phi) is 6.16. The molecule has 1 amide bonds. The van der Waals surface area contributed by atoms with Crippen molar-refractivity contribution in [3.05, 3.63) is 70.9 Å². The van der Waals surface area contributed by atoms with Gasteiger partial charge in [0, 0.05) is 24.8 Å². The second kappa shape index (κ2) is 8.94. The average Bonchev–Trinajstić information content (AvgIpc) is 2.70. The summed E-state index contributed by atoms with van der Waals surface area (Å²) in [6.45, 7) is 7.05. The molecule has 144 valence electrons. The highest BCUT2D eigenvalue weighted by atomic mass is 16.1. The van der Waals surface area contributed by atoms with Gasteiger partial charge in [0.25, 0.3) is 5.91 Å². The van der Waals surface area contributed by atoms with Gasteiger partial charge in [-0.05, 0) is 67.8 Å². The molecule has 0 saturated heterocycles. The molecule has 0 aliphatic heterocycles. The number of nitrogens with one attached hydrogen (secondary N) is 3. The third-order valence-corrected chi connectivity index (χ3v) is 4.32. The average molecular weight is 376 g/mol. The van der Waals surface area contributed by atoms with Gasteiger partial charge < -0.3 is 16.0 Å². The molecule has 0 fully saturated rings. The standard InChI is InChI=1S/C21H24N6O/c1-14-4-7-18(24-13-14)25-20-9-8-19(26-27-20)22-10-11-23-21(28)17-6-5-15(2)16(3)12-17/h4-9,12-13H,10-11H2,1-3H3,(H,22,26)(H,23,28)(H,24,25,27). The summed E-state index contributed by atoms with van der Waals surface area (Å²) in [5.74, 6) is 1.89. The molecule has 0 atom stereocenters. The summed E-state index contributed by atoms with van der Waals surface area (Å²) < 4.78 is 0. The van der Waals surface area contributed by atoms with Crippen molar-refractivity contribution < 1.29 is 4.79 Å². The van der Waals surface area contributed by atoms with E-state index in [1.165, 1.54) is 5.56 Å². The summed E-state index contributed by atoms with van der Waals surface area (Å²) >= 11 is 0. The molecule has 0 saturated carbocycles. The number of aromatic nitrogens is 3. The fraction of sp³-hybridized carbons (Fsp3) is 0.238. The zero-order chi connectivity index (χ0) is 19.9. The van der Waals surface area contributed by atoms with E-state index < -0.39 is 0 Å². The molecule has 2 aromatic heterocycles. The number of anilines is 3. The maximum absolute atomic E-state index is 12.2. The van der Waals surface area contributed by atoms with E-state index >= 15 is 0 Å². The highest BCUT2D eigenvalue weighted by molar-refractivity contribution is 5.94. The normalized spacial score (nSPS) is 10.4. The second-order valence-electron chi connectivity index (χ2n) is 6.63. The Bertz CT molecular complexity index is 938. The van der Waals surface area contributed by atoms with Crippen LogP contribution in [0.15, 0.2) is 48.7 Å². The zero-order valence-electron chi connectivity index (χ0n) is 16.3. The number of benzene rings is 1. The van der Waals surface area contributed by atoms with Gasteiger partial charge >= 0.3 is 0 Å². The van der Waals surface area contributed by atoms with E-state index in [1.54, 1.807) is 6.20 Å². The minimum absolute atomic E-state index is 0.0823. The molecule has 0 unspecified atom stereocenters. The van der Waals surface area contributed by atoms with Gasteiger partial charge in [-0.2, -0.15) is 0 Å². The molecule has 7 nitrogen and oxygen atoms in total. The van der Waals surface area contributed by atoms with E-state index in [-0.39, 0.29) is 5.91 Å². The zero-order valence-corrected chi connectivity index (χ0v) is 16.3. The van der Waals surface area contributed by atoms with E-state index in [2.05, 4.69) is 31.1 Å². The van der Waals surface area contributed by atoms with Crippen molar-refractivity contribution in [3.63, 3.8) is 0 Å². The van der Waals surface area contributed by atoms with Gasteiger partial charge in [-0.25, -0.2) is 4.98 Å². The Balaban J connectivity index is 1.44. The van der Waals surface area contributed by atoms with E-state index in [1.807, 2.05) is 63.2 Å². The molecular weight excluding hydrogens is 352 g/mol. The minimum Gasteiger partial charge on any atom is -0.367 e. The molecular formula is C21H24N6O. The summed E-state index contributed by atoms with van der Waals surface area (Å²) in [7, 11) is 0. The predicted molar refractivity (Wildman–Crippen MR) is 111 cm³/mol. The van der Waals surface area contributed by atoms with Crippen LogP contribution in [0.3, 0.4) is 0 Å². The van der Waals surface area contributed by atoms with Gasteiger partial charge in [-0.1, -0.05) is 12.1 Å². The topological polar surface area (TPSA) is 91.8 Å². The molecule has 0 bridgehead atoms. The van der Waals surface area contributed by atoms with Crippen molar-refractivity contribution in [2.75, 3.05) is 23.7 Å². The fourth-order valence-corrected chi connectivity index (χ4v) is 2.52. The summed E-state index contributed by atoms with van der Waals surface area (Å²) in [5, 5.41) is 17.4. The molecule has 2 heterocycles. The van der Waals surface area contributed by atoms with Crippen LogP contribution in [-0.2, 0) is 0 Å². The summed E-state index contributed by atoms with van der Waals surface area (Å²) in [4.78, 5) is 16.5. The lowest BCUT2D eigenvalue weighted by molar-refractivity contribution is 0.0955. The van der Waals surface area contributed by atoms with Crippen LogP contribution in [0.4, 0.5) is 17.5 Å². The van der Waals surface area contributed by atoms with Gasteiger partial charge in [0.15, 0.2) is 5.82 Å². The van der Waals surface area contributed by atoms with E-state index in [0.29, 0.717) is 30.3 Å². The molecule has 0 spiro atoms. The Hall–Kier alpha value is -3.48. The number of nitrogens with zero attached hydrogens (tertiary/aromatic N) is 3. The smallest absolute Gasteiger partial charge is 0.251 e. The molecule has 0 radical (unpaired) electrons. The SMILES string of the molecule is Cc1ccc(Nc2ccc(NCCNC(=O)c3ccc(C)c(C)c3)nn2)nc1. The van der Waals surface area contributed by atoms with Crippen LogP contribution in [0, 0.1) is 20.8 Å². The van der Waals surface area contributed by atoms with Gasteiger partial charge in [-0.3, -0.25) is 4.79 Å². The van der Waals surface area contributed by atoms with Crippen molar-refractivity contribution >= 4 is 23.4 Å². The van der Waals surface area contributed by atoms with Crippen LogP contribution in [0.2, 0.25) is 0 Å². The number of carbonyl (C=O) groups excluding carboxylic acids is 1.